The van der Waals surface area contributed by atoms with Crippen molar-refractivity contribution in [3.63, 3.8) is 0 Å². The number of nitrogen functional groups attached to an aromatic ring is 2. The number of amides is 2. The summed E-state index contributed by atoms with van der Waals surface area (Å²) in [5, 5.41) is 16.7. The third-order valence-electron chi connectivity index (χ3n) is 5.00. The Morgan fingerprint density at radius 3 is 2.72 bits per heavy atom. The Morgan fingerprint density at radius 1 is 1.22 bits per heavy atom. The van der Waals surface area contributed by atoms with Crippen LogP contribution < -0.4 is 22.1 Å². The molecular weight excluding hydrogens is 569 g/mol. The predicted molar refractivity (Wildman–Crippen MR) is 144 cm³/mol. The number of benzene rings is 1. The average molecular weight is 589 g/mol. The molecule has 2 aliphatic heterocycles. The molecule has 36 heavy (non-hydrogen) atoms. The quantitative estimate of drug-likeness (QED) is 0.125. The van der Waals surface area contributed by atoms with Crippen LogP contribution in [0.3, 0.4) is 0 Å². The van der Waals surface area contributed by atoms with E-state index in [1.807, 2.05) is 0 Å². The van der Waals surface area contributed by atoms with Gasteiger partial charge in [-0.25, -0.2) is 9.78 Å². The Bertz CT molecular complexity index is 1250. The predicted octanol–water partition coefficient (Wildman–Crippen LogP) is 2.54. The van der Waals surface area contributed by atoms with Crippen LogP contribution in [0.2, 0.25) is 10.0 Å². The number of anilines is 3. The molecule has 16 heteroatoms. The van der Waals surface area contributed by atoms with Gasteiger partial charge in [0.15, 0.2) is 0 Å². The lowest BCUT2D eigenvalue weighted by Crippen LogP contribution is -2.70. The normalized spacial score (nSPS) is 18.9. The summed E-state index contributed by atoms with van der Waals surface area (Å²) < 4.78 is 0. The number of aromatic nitrogens is 2. The van der Waals surface area contributed by atoms with E-state index in [1.165, 1.54) is 40.2 Å². The van der Waals surface area contributed by atoms with Crippen LogP contribution in [0.5, 0.6) is 0 Å². The van der Waals surface area contributed by atoms with Crippen molar-refractivity contribution in [1.82, 2.24) is 20.2 Å². The maximum atomic E-state index is 12.8. The molecule has 0 aliphatic carbocycles. The SMILES string of the molecule is Nc1cc(SCSC2=C(C(=O)O)N3C(=O)C(NC(=O)CNc4cc(Cl)ccc4Cl)C3SC2)nc(N)n1. The topological polar surface area (TPSA) is 177 Å². The number of nitrogens with one attached hydrogen (secondary N) is 2. The van der Waals surface area contributed by atoms with Gasteiger partial charge in [-0.05, 0) is 18.2 Å². The van der Waals surface area contributed by atoms with E-state index in [0.29, 0.717) is 36.5 Å². The van der Waals surface area contributed by atoms with Crippen molar-refractivity contribution in [1.29, 1.82) is 0 Å². The average Bonchev–Trinajstić information content (AvgIpc) is 2.82. The molecule has 0 saturated carbocycles. The molecule has 0 radical (unpaired) electrons. The first-order valence-corrected chi connectivity index (χ1v) is 14.0. The standard InChI is InChI=1S/C20H19Cl2N7O4S3/c21-8-1-2-9(22)10(3-8)25-5-13(30)27-15-17(31)29-16(19(32)33)11(6-34-18(15)29)35-7-36-14-4-12(23)26-20(24)28-14/h1-4,15,18,25H,5-7H2,(H,27,30)(H,32,33)(H4,23,24,26,28). The molecule has 2 aromatic rings. The van der Waals surface area contributed by atoms with Crippen molar-refractivity contribution >= 4 is 93.7 Å². The minimum absolute atomic E-state index is 0.0501. The second kappa shape index (κ2) is 11.3. The van der Waals surface area contributed by atoms with Gasteiger partial charge in [-0.1, -0.05) is 35.0 Å². The monoisotopic (exact) mass is 587 g/mol. The number of carboxylic acids is 1. The number of carbonyl (C=O) groups excluding carboxylic acids is 2. The van der Waals surface area contributed by atoms with E-state index in [4.69, 9.17) is 34.7 Å². The van der Waals surface area contributed by atoms with Crippen molar-refractivity contribution in [3.8, 4) is 0 Å². The summed E-state index contributed by atoms with van der Waals surface area (Å²) in [5.74, 6) is -1.47. The van der Waals surface area contributed by atoms with Crippen LogP contribution >= 0.6 is 58.5 Å². The summed E-state index contributed by atoms with van der Waals surface area (Å²) in [6.07, 6.45) is 0. The van der Waals surface area contributed by atoms with Gasteiger partial charge in [0.05, 0.1) is 17.3 Å². The molecule has 11 nitrogen and oxygen atoms in total. The van der Waals surface area contributed by atoms with E-state index in [9.17, 15) is 19.5 Å². The summed E-state index contributed by atoms with van der Waals surface area (Å²) in [4.78, 5) is 46.9. The number of carbonyl (C=O) groups is 3. The highest BCUT2D eigenvalue weighted by Crippen LogP contribution is 2.44. The lowest BCUT2D eigenvalue weighted by Gasteiger charge is -2.49. The largest absolute Gasteiger partial charge is 0.477 e. The molecule has 1 aromatic carbocycles. The molecule has 2 aliphatic rings. The van der Waals surface area contributed by atoms with E-state index in [1.54, 1.807) is 24.3 Å². The second-order valence-electron chi connectivity index (χ2n) is 7.41. The molecule has 2 atom stereocenters. The minimum atomic E-state index is -1.21. The zero-order valence-electron chi connectivity index (χ0n) is 18.2. The van der Waals surface area contributed by atoms with E-state index in [0.717, 1.165) is 0 Å². The molecule has 1 fully saturated rings. The first-order valence-electron chi connectivity index (χ1n) is 10.2. The molecule has 3 heterocycles. The second-order valence-corrected chi connectivity index (χ2v) is 11.8. The summed E-state index contributed by atoms with van der Waals surface area (Å²) in [6.45, 7) is -0.140. The van der Waals surface area contributed by atoms with Gasteiger partial charge in [0.1, 0.15) is 28.0 Å². The van der Waals surface area contributed by atoms with Gasteiger partial charge in [0.25, 0.3) is 5.91 Å². The number of hydrogen-bond donors (Lipinski definition) is 5. The number of thioether (sulfide) groups is 3. The van der Waals surface area contributed by atoms with Crippen LogP contribution in [0.1, 0.15) is 0 Å². The number of rotatable bonds is 9. The minimum Gasteiger partial charge on any atom is -0.477 e. The molecule has 0 bridgehead atoms. The van der Waals surface area contributed by atoms with E-state index >= 15 is 0 Å². The van der Waals surface area contributed by atoms with E-state index in [2.05, 4.69) is 20.6 Å². The molecular formula is C20H19Cl2N7O4S3. The van der Waals surface area contributed by atoms with Crippen molar-refractivity contribution in [3.05, 3.63) is 44.9 Å². The smallest absolute Gasteiger partial charge is 0.353 e. The molecule has 1 saturated heterocycles. The van der Waals surface area contributed by atoms with Crippen LogP contribution in [-0.2, 0) is 14.4 Å². The zero-order valence-corrected chi connectivity index (χ0v) is 22.2. The van der Waals surface area contributed by atoms with Crippen molar-refractivity contribution < 1.29 is 19.5 Å². The highest BCUT2D eigenvalue weighted by atomic mass is 35.5. The van der Waals surface area contributed by atoms with Crippen molar-refractivity contribution in [2.24, 2.45) is 0 Å². The van der Waals surface area contributed by atoms with Gasteiger partial charge in [0.2, 0.25) is 11.9 Å². The van der Waals surface area contributed by atoms with Crippen LogP contribution in [0.15, 0.2) is 39.9 Å². The molecule has 2 amide bonds. The number of halogens is 2. The Hall–Kier alpha value is -2.52. The Morgan fingerprint density at radius 2 is 2.00 bits per heavy atom. The summed E-state index contributed by atoms with van der Waals surface area (Å²) in [7, 11) is 0. The molecule has 190 valence electrons. The zero-order chi connectivity index (χ0) is 26.0. The van der Waals surface area contributed by atoms with Gasteiger partial charge in [-0.3, -0.25) is 14.5 Å². The number of aliphatic carboxylic acids is 1. The lowest BCUT2D eigenvalue weighted by molar-refractivity contribution is -0.150. The first-order chi connectivity index (χ1) is 17.1. The lowest BCUT2D eigenvalue weighted by atomic mass is 10.1. The third-order valence-corrected chi connectivity index (χ3v) is 9.16. The highest BCUT2D eigenvalue weighted by molar-refractivity contribution is 8.18. The third kappa shape index (κ3) is 5.89. The molecule has 2 unspecified atom stereocenters. The van der Waals surface area contributed by atoms with Crippen LogP contribution in [-0.4, -0.2) is 66.6 Å². The van der Waals surface area contributed by atoms with E-state index in [-0.39, 0.29) is 24.0 Å². The summed E-state index contributed by atoms with van der Waals surface area (Å²) >= 11 is 16.0. The number of carboxylic acid groups (broad SMARTS) is 1. The fraction of sp³-hybridized carbons (Fsp3) is 0.250. The fourth-order valence-electron chi connectivity index (χ4n) is 3.43. The Balaban J connectivity index is 1.36. The number of nitrogens with zero attached hydrogens (tertiary/aromatic N) is 3. The first kappa shape index (κ1) is 26.5. The Labute approximate surface area is 228 Å². The van der Waals surface area contributed by atoms with Crippen LogP contribution in [0.25, 0.3) is 0 Å². The van der Waals surface area contributed by atoms with Crippen LogP contribution in [0, 0.1) is 0 Å². The van der Waals surface area contributed by atoms with Crippen LogP contribution in [0.4, 0.5) is 17.5 Å². The van der Waals surface area contributed by atoms with E-state index < -0.39 is 29.2 Å². The summed E-state index contributed by atoms with van der Waals surface area (Å²) in [5.41, 5.74) is 11.7. The van der Waals surface area contributed by atoms with Crippen molar-refractivity contribution in [2.45, 2.75) is 16.4 Å². The maximum Gasteiger partial charge on any atom is 0.353 e. The van der Waals surface area contributed by atoms with Gasteiger partial charge in [-0.15, -0.1) is 23.5 Å². The maximum absolute atomic E-state index is 12.8. The van der Waals surface area contributed by atoms with Gasteiger partial charge < -0.3 is 27.2 Å². The molecule has 4 rings (SSSR count). The fourth-order valence-corrected chi connectivity index (χ4v) is 7.49. The highest BCUT2D eigenvalue weighted by Gasteiger charge is 2.54. The molecule has 7 N–H and O–H groups in total. The molecule has 1 aromatic heterocycles. The van der Waals surface area contributed by atoms with Gasteiger partial charge >= 0.3 is 5.97 Å². The molecule has 0 spiro atoms. The number of hydrogen-bond acceptors (Lipinski definition) is 11. The number of fused-ring (bicyclic) bond motifs is 1. The van der Waals surface area contributed by atoms with Gasteiger partial charge in [-0.2, -0.15) is 4.98 Å². The number of nitrogens with two attached hydrogens (primary N) is 2. The number of β-lactam (4-membered cyclic amide) rings is 1. The van der Waals surface area contributed by atoms with Gasteiger partial charge in [0, 0.05) is 26.8 Å². The summed E-state index contributed by atoms with van der Waals surface area (Å²) in [6, 6.07) is 5.54. The Kier molecular flexibility index (Phi) is 8.30. The van der Waals surface area contributed by atoms with Crippen molar-refractivity contribution in [2.75, 3.05) is 34.2 Å².